The Morgan fingerprint density at radius 2 is 1.85 bits per heavy atom. The second-order valence-corrected chi connectivity index (χ2v) is 6.67. The van der Waals surface area contributed by atoms with Gasteiger partial charge >= 0.3 is 0 Å². The quantitative estimate of drug-likeness (QED) is 0.783. The van der Waals surface area contributed by atoms with Crippen molar-refractivity contribution in [3.05, 3.63) is 54.1 Å². The van der Waals surface area contributed by atoms with Crippen LogP contribution in [0.15, 0.2) is 42.7 Å². The second kappa shape index (κ2) is 10.6. The van der Waals surface area contributed by atoms with Gasteiger partial charge in [-0.05, 0) is 24.8 Å². The summed E-state index contributed by atoms with van der Waals surface area (Å²) in [4.78, 5) is 16.8. The largest absolute Gasteiger partial charge is 0.347 e. The van der Waals surface area contributed by atoms with E-state index in [2.05, 4.69) is 39.1 Å². The number of rotatable bonds is 6. The van der Waals surface area contributed by atoms with E-state index in [1.54, 1.807) is 6.20 Å². The van der Waals surface area contributed by atoms with Gasteiger partial charge < -0.3 is 15.6 Å². The van der Waals surface area contributed by atoms with Crippen molar-refractivity contribution < 1.29 is 4.79 Å². The fraction of sp³-hybridized carbons (Fsp3) is 0.474. The molecule has 1 aliphatic carbocycles. The molecule has 0 spiro atoms. The topological polar surface area (TPSA) is 72.9 Å². The maximum Gasteiger partial charge on any atom is 0.240 e. The van der Waals surface area contributed by atoms with Crippen LogP contribution in [0.5, 0.6) is 0 Å². The van der Waals surface area contributed by atoms with Crippen molar-refractivity contribution >= 4 is 30.7 Å². The molecular weight excluding hydrogens is 371 g/mol. The third-order valence-electron chi connectivity index (χ3n) is 4.89. The van der Waals surface area contributed by atoms with E-state index >= 15 is 0 Å². The van der Waals surface area contributed by atoms with Crippen LogP contribution in [0.2, 0.25) is 0 Å². The summed E-state index contributed by atoms with van der Waals surface area (Å²) in [5.74, 6) is 0.832. The molecule has 0 saturated heterocycles. The van der Waals surface area contributed by atoms with Gasteiger partial charge in [-0.25, -0.2) is 4.98 Å². The summed E-state index contributed by atoms with van der Waals surface area (Å²) in [6.45, 7) is 1.28. The highest BCUT2D eigenvalue weighted by Gasteiger charge is 2.35. The van der Waals surface area contributed by atoms with Gasteiger partial charge in [-0.1, -0.05) is 49.6 Å². The number of aromatic nitrogens is 2. The highest BCUT2D eigenvalue weighted by molar-refractivity contribution is 5.86. The smallest absolute Gasteiger partial charge is 0.240 e. The summed E-state index contributed by atoms with van der Waals surface area (Å²) in [5, 5.41) is 2.99. The van der Waals surface area contributed by atoms with E-state index in [0.29, 0.717) is 6.54 Å². The lowest BCUT2D eigenvalue weighted by Gasteiger charge is -2.31. The fourth-order valence-corrected chi connectivity index (χ4v) is 3.35. The predicted octanol–water partition coefficient (Wildman–Crippen LogP) is 3.25. The van der Waals surface area contributed by atoms with E-state index in [1.807, 2.05) is 12.3 Å². The lowest BCUT2D eigenvalue weighted by molar-refractivity contribution is -0.127. The van der Waals surface area contributed by atoms with E-state index in [1.165, 1.54) is 12.0 Å². The third-order valence-corrected chi connectivity index (χ3v) is 4.89. The van der Waals surface area contributed by atoms with E-state index in [4.69, 9.17) is 5.73 Å². The number of hydrogen-bond donors (Lipinski definition) is 2. The summed E-state index contributed by atoms with van der Waals surface area (Å²) in [5.41, 5.74) is 6.88. The number of nitrogens with two attached hydrogens (primary N) is 1. The Balaban J connectivity index is 0.00000169. The fourth-order valence-electron chi connectivity index (χ4n) is 3.35. The molecule has 1 amide bonds. The summed E-state index contributed by atoms with van der Waals surface area (Å²) in [7, 11) is 0. The summed E-state index contributed by atoms with van der Waals surface area (Å²) in [6.07, 6.45) is 9.50. The lowest BCUT2D eigenvalue weighted by Crippen LogP contribution is -2.54. The van der Waals surface area contributed by atoms with Crippen LogP contribution >= 0.6 is 24.8 Å². The van der Waals surface area contributed by atoms with Gasteiger partial charge in [0, 0.05) is 18.9 Å². The zero-order valence-corrected chi connectivity index (χ0v) is 16.5. The molecule has 0 bridgehead atoms. The third kappa shape index (κ3) is 5.73. The van der Waals surface area contributed by atoms with Crippen molar-refractivity contribution in [2.45, 2.75) is 57.2 Å². The Bertz CT molecular complexity index is 669. The average Bonchev–Trinajstić information content (AvgIpc) is 3.07. The molecule has 2 aromatic rings. The molecule has 3 rings (SSSR count). The Morgan fingerprint density at radius 1 is 1.15 bits per heavy atom. The molecule has 1 aromatic carbocycles. The molecule has 144 valence electrons. The number of carbonyl (C=O) groups is 1. The van der Waals surface area contributed by atoms with E-state index in [-0.39, 0.29) is 30.7 Å². The van der Waals surface area contributed by atoms with Crippen LogP contribution in [-0.4, -0.2) is 21.0 Å². The van der Waals surface area contributed by atoms with Gasteiger partial charge in [0.05, 0.1) is 12.1 Å². The minimum atomic E-state index is -0.695. The molecule has 1 aliphatic rings. The Morgan fingerprint density at radius 3 is 2.54 bits per heavy atom. The first-order valence-electron chi connectivity index (χ1n) is 8.78. The number of imidazole rings is 1. The molecule has 1 heterocycles. The van der Waals surface area contributed by atoms with Gasteiger partial charge in [0.2, 0.25) is 5.91 Å². The zero-order chi connectivity index (χ0) is 16.8. The number of benzene rings is 1. The van der Waals surface area contributed by atoms with Crippen molar-refractivity contribution in [2.75, 3.05) is 0 Å². The van der Waals surface area contributed by atoms with Crippen molar-refractivity contribution in [1.82, 2.24) is 14.9 Å². The molecule has 3 N–H and O–H groups in total. The summed E-state index contributed by atoms with van der Waals surface area (Å²) in [6, 6.07) is 10.4. The lowest BCUT2D eigenvalue weighted by atomic mass is 9.82. The molecule has 26 heavy (non-hydrogen) atoms. The average molecular weight is 399 g/mol. The van der Waals surface area contributed by atoms with Gasteiger partial charge in [-0.2, -0.15) is 0 Å². The second-order valence-electron chi connectivity index (χ2n) is 6.67. The highest BCUT2D eigenvalue weighted by atomic mass is 35.5. The molecule has 1 aromatic heterocycles. The summed E-state index contributed by atoms with van der Waals surface area (Å²) < 4.78 is 2.09. The number of halogens is 2. The van der Waals surface area contributed by atoms with Crippen molar-refractivity contribution in [2.24, 2.45) is 5.73 Å². The van der Waals surface area contributed by atoms with Gasteiger partial charge in [0.15, 0.2) is 0 Å². The molecule has 7 heteroatoms. The maximum absolute atomic E-state index is 12.4. The van der Waals surface area contributed by atoms with Gasteiger partial charge in [-0.3, -0.25) is 4.79 Å². The normalized spacial score (nSPS) is 15.4. The number of nitrogens with one attached hydrogen (secondary N) is 1. The maximum atomic E-state index is 12.4. The first-order chi connectivity index (χ1) is 11.7. The van der Waals surface area contributed by atoms with Crippen LogP contribution in [0, 0.1) is 0 Å². The van der Waals surface area contributed by atoms with Gasteiger partial charge in [0.1, 0.15) is 5.82 Å². The molecule has 1 fully saturated rings. The predicted molar refractivity (Wildman–Crippen MR) is 109 cm³/mol. The van der Waals surface area contributed by atoms with E-state index < -0.39 is 5.54 Å². The van der Waals surface area contributed by atoms with Crippen molar-refractivity contribution in [3.63, 3.8) is 0 Å². The standard InChI is InChI=1S/C19H26N4O.2ClH/c20-19(10-5-2-6-11-19)18(24)22-15-17-21-12-14-23(17)13-9-16-7-3-1-4-8-16;;/h1,3-4,7-8,12,14H,2,5-6,9-11,13,15,20H2,(H,22,24);2*1H. The van der Waals surface area contributed by atoms with Crippen LogP contribution < -0.4 is 11.1 Å². The highest BCUT2D eigenvalue weighted by Crippen LogP contribution is 2.26. The Hall–Kier alpha value is -1.56. The van der Waals surface area contributed by atoms with Crippen LogP contribution in [0.1, 0.15) is 43.5 Å². The molecule has 1 saturated carbocycles. The minimum Gasteiger partial charge on any atom is -0.347 e. The number of amides is 1. The first-order valence-corrected chi connectivity index (χ1v) is 8.78. The van der Waals surface area contributed by atoms with Gasteiger partial charge in [0.25, 0.3) is 0 Å². The molecule has 0 unspecified atom stereocenters. The Kier molecular flexibility index (Phi) is 9.13. The molecule has 0 radical (unpaired) electrons. The van der Waals surface area contributed by atoms with Crippen molar-refractivity contribution in [1.29, 1.82) is 0 Å². The van der Waals surface area contributed by atoms with Crippen LogP contribution in [-0.2, 0) is 24.3 Å². The molecule has 0 atom stereocenters. The number of nitrogens with zero attached hydrogens (tertiary/aromatic N) is 2. The number of aryl methyl sites for hydroxylation is 2. The summed E-state index contributed by atoms with van der Waals surface area (Å²) >= 11 is 0. The Labute approximate surface area is 167 Å². The van der Waals surface area contributed by atoms with Crippen molar-refractivity contribution in [3.8, 4) is 0 Å². The van der Waals surface area contributed by atoms with Crippen LogP contribution in [0.25, 0.3) is 0 Å². The minimum absolute atomic E-state index is 0. The first kappa shape index (κ1) is 22.5. The SMILES string of the molecule is Cl.Cl.NC1(C(=O)NCc2nccn2CCc2ccccc2)CCCCC1. The molecule has 0 aliphatic heterocycles. The van der Waals surface area contributed by atoms with Gasteiger partial charge in [-0.15, -0.1) is 24.8 Å². The number of carbonyl (C=O) groups excluding carboxylic acids is 1. The van der Waals surface area contributed by atoms with E-state index in [9.17, 15) is 4.79 Å². The van der Waals surface area contributed by atoms with Crippen LogP contribution in [0.3, 0.4) is 0 Å². The monoisotopic (exact) mass is 398 g/mol. The zero-order valence-electron chi connectivity index (χ0n) is 14.9. The molecular formula is C19H28Cl2N4O. The number of hydrogen-bond acceptors (Lipinski definition) is 3. The van der Waals surface area contributed by atoms with Crippen LogP contribution in [0.4, 0.5) is 0 Å². The molecule has 5 nitrogen and oxygen atoms in total. The van der Waals surface area contributed by atoms with E-state index in [0.717, 1.165) is 44.5 Å².